The molecule has 6 heteroatoms. The molecule has 1 heterocycles. The molecule has 0 saturated heterocycles. The zero-order valence-corrected chi connectivity index (χ0v) is 14.0. The SMILES string of the molecule is Cc1cc(Nc2cc(Cl)cc(Cl)c2)nc(NC(C)(C)C)n1. The molecule has 2 rings (SSSR count). The lowest BCUT2D eigenvalue weighted by Gasteiger charge is -2.21. The number of aromatic nitrogens is 2. The first-order chi connectivity index (χ1) is 9.71. The summed E-state index contributed by atoms with van der Waals surface area (Å²) >= 11 is 12.0. The maximum atomic E-state index is 6.00. The zero-order chi connectivity index (χ0) is 15.6. The van der Waals surface area contributed by atoms with Gasteiger partial charge in [0.15, 0.2) is 0 Å². The zero-order valence-electron chi connectivity index (χ0n) is 12.5. The number of rotatable bonds is 3. The highest BCUT2D eigenvalue weighted by Crippen LogP contribution is 2.25. The molecule has 0 amide bonds. The molecule has 0 radical (unpaired) electrons. The van der Waals surface area contributed by atoms with Gasteiger partial charge in [-0.1, -0.05) is 23.2 Å². The van der Waals surface area contributed by atoms with E-state index < -0.39 is 0 Å². The maximum Gasteiger partial charge on any atom is 0.225 e. The van der Waals surface area contributed by atoms with Gasteiger partial charge < -0.3 is 10.6 Å². The third-order valence-corrected chi connectivity index (χ3v) is 2.91. The van der Waals surface area contributed by atoms with Gasteiger partial charge in [0.05, 0.1) is 0 Å². The Morgan fingerprint density at radius 3 is 2.14 bits per heavy atom. The van der Waals surface area contributed by atoms with Crippen LogP contribution in [0.25, 0.3) is 0 Å². The van der Waals surface area contributed by atoms with E-state index in [0.29, 0.717) is 21.8 Å². The minimum Gasteiger partial charge on any atom is -0.350 e. The van der Waals surface area contributed by atoms with E-state index in [0.717, 1.165) is 11.4 Å². The van der Waals surface area contributed by atoms with Crippen LogP contribution >= 0.6 is 23.2 Å². The van der Waals surface area contributed by atoms with Crippen LogP contribution in [0.1, 0.15) is 26.5 Å². The number of nitrogens with zero attached hydrogens (tertiary/aromatic N) is 2. The molecule has 4 nitrogen and oxygen atoms in total. The Bertz CT molecular complexity index is 630. The molecule has 0 spiro atoms. The fourth-order valence-electron chi connectivity index (χ4n) is 1.80. The van der Waals surface area contributed by atoms with E-state index in [4.69, 9.17) is 23.2 Å². The molecule has 1 aromatic carbocycles. The number of benzene rings is 1. The first-order valence-electron chi connectivity index (χ1n) is 6.58. The lowest BCUT2D eigenvalue weighted by molar-refractivity contribution is 0.625. The Morgan fingerprint density at radius 1 is 0.952 bits per heavy atom. The van der Waals surface area contributed by atoms with Crippen molar-refractivity contribution in [3.8, 4) is 0 Å². The van der Waals surface area contributed by atoms with Crippen molar-refractivity contribution in [1.29, 1.82) is 0 Å². The normalized spacial score (nSPS) is 11.3. The summed E-state index contributed by atoms with van der Waals surface area (Å²) in [6.45, 7) is 8.10. The minimum absolute atomic E-state index is 0.107. The quantitative estimate of drug-likeness (QED) is 0.829. The maximum absolute atomic E-state index is 6.00. The van der Waals surface area contributed by atoms with Crippen molar-refractivity contribution < 1.29 is 0 Å². The fourth-order valence-corrected chi connectivity index (χ4v) is 2.32. The predicted molar refractivity (Wildman–Crippen MR) is 89.9 cm³/mol. The largest absolute Gasteiger partial charge is 0.350 e. The van der Waals surface area contributed by atoms with Gasteiger partial charge in [-0.25, -0.2) is 4.98 Å². The van der Waals surface area contributed by atoms with E-state index >= 15 is 0 Å². The Balaban J connectivity index is 2.27. The molecule has 0 aliphatic rings. The molecule has 0 saturated carbocycles. The average Bonchev–Trinajstić information content (AvgIpc) is 2.23. The van der Waals surface area contributed by atoms with Crippen LogP contribution in [-0.4, -0.2) is 15.5 Å². The first kappa shape index (κ1) is 15.9. The van der Waals surface area contributed by atoms with Crippen molar-refractivity contribution >= 4 is 40.7 Å². The van der Waals surface area contributed by atoms with Crippen molar-refractivity contribution in [3.63, 3.8) is 0 Å². The van der Waals surface area contributed by atoms with E-state index in [9.17, 15) is 0 Å². The molecule has 0 fully saturated rings. The standard InChI is InChI=1S/C15H18Cl2N4/c1-9-5-13(20-14(18-9)21-15(2,3)4)19-12-7-10(16)6-11(17)8-12/h5-8H,1-4H3,(H2,18,19,20,21). The second kappa shape index (κ2) is 6.08. The molecule has 0 atom stereocenters. The number of nitrogens with one attached hydrogen (secondary N) is 2. The van der Waals surface area contributed by atoms with Crippen LogP contribution < -0.4 is 10.6 Å². The minimum atomic E-state index is -0.107. The van der Waals surface area contributed by atoms with Gasteiger partial charge in [-0.15, -0.1) is 0 Å². The molecule has 0 aliphatic carbocycles. The summed E-state index contributed by atoms with van der Waals surface area (Å²) in [5.74, 6) is 1.27. The van der Waals surface area contributed by atoms with Gasteiger partial charge in [-0.05, 0) is 45.9 Å². The van der Waals surface area contributed by atoms with E-state index in [1.54, 1.807) is 18.2 Å². The van der Waals surface area contributed by atoms with Gasteiger partial charge in [0.25, 0.3) is 0 Å². The third kappa shape index (κ3) is 5.06. The predicted octanol–water partition coefficient (Wildman–Crippen LogP) is 5.05. The van der Waals surface area contributed by atoms with Crippen LogP contribution in [-0.2, 0) is 0 Å². The molecule has 0 bridgehead atoms. The number of halogens is 2. The molecule has 2 aromatic rings. The molecule has 112 valence electrons. The summed E-state index contributed by atoms with van der Waals surface area (Å²) in [6, 6.07) is 7.14. The monoisotopic (exact) mass is 324 g/mol. The van der Waals surface area contributed by atoms with E-state index in [2.05, 4.69) is 41.4 Å². The molecule has 0 aliphatic heterocycles. The summed E-state index contributed by atoms with van der Waals surface area (Å²) in [6.07, 6.45) is 0. The highest BCUT2D eigenvalue weighted by Gasteiger charge is 2.12. The Kier molecular flexibility index (Phi) is 4.59. The highest BCUT2D eigenvalue weighted by atomic mass is 35.5. The summed E-state index contributed by atoms with van der Waals surface area (Å²) in [5, 5.41) is 7.60. The van der Waals surface area contributed by atoms with Gasteiger partial charge >= 0.3 is 0 Å². The van der Waals surface area contributed by atoms with Crippen molar-refractivity contribution in [1.82, 2.24) is 9.97 Å². The number of hydrogen-bond acceptors (Lipinski definition) is 4. The van der Waals surface area contributed by atoms with Crippen molar-refractivity contribution in [2.75, 3.05) is 10.6 Å². The molecular weight excluding hydrogens is 307 g/mol. The molecule has 1 aromatic heterocycles. The summed E-state index contributed by atoms with van der Waals surface area (Å²) in [7, 11) is 0. The first-order valence-corrected chi connectivity index (χ1v) is 7.34. The number of aryl methyl sites for hydroxylation is 1. The van der Waals surface area contributed by atoms with Crippen LogP contribution in [0.4, 0.5) is 17.5 Å². The van der Waals surface area contributed by atoms with Gasteiger partial charge in [-0.2, -0.15) is 4.98 Å². The van der Waals surface area contributed by atoms with Crippen molar-refractivity contribution in [3.05, 3.63) is 40.0 Å². The summed E-state index contributed by atoms with van der Waals surface area (Å²) in [5.41, 5.74) is 1.55. The third-order valence-electron chi connectivity index (χ3n) is 2.48. The Labute approximate surface area is 134 Å². The highest BCUT2D eigenvalue weighted by molar-refractivity contribution is 6.35. The van der Waals surface area contributed by atoms with Crippen LogP contribution in [0.3, 0.4) is 0 Å². The Morgan fingerprint density at radius 2 is 1.57 bits per heavy atom. The van der Waals surface area contributed by atoms with Gasteiger partial charge in [0.2, 0.25) is 5.95 Å². The average molecular weight is 325 g/mol. The fraction of sp³-hybridized carbons (Fsp3) is 0.333. The molecule has 2 N–H and O–H groups in total. The smallest absolute Gasteiger partial charge is 0.225 e. The summed E-state index contributed by atoms with van der Waals surface area (Å²) < 4.78 is 0. The van der Waals surface area contributed by atoms with Crippen LogP contribution in [0.5, 0.6) is 0 Å². The van der Waals surface area contributed by atoms with Crippen LogP contribution in [0.15, 0.2) is 24.3 Å². The lowest BCUT2D eigenvalue weighted by Crippen LogP contribution is -2.27. The second-order valence-electron chi connectivity index (χ2n) is 5.88. The van der Waals surface area contributed by atoms with E-state index in [1.165, 1.54) is 0 Å². The van der Waals surface area contributed by atoms with Crippen LogP contribution in [0.2, 0.25) is 10.0 Å². The van der Waals surface area contributed by atoms with Crippen LogP contribution in [0, 0.1) is 6.92 Å². The van der Waals surface area contributed by atoms with E-state index in [1.807, 2.05) is 13.0 Å². The van der Waals surface area contributed by atoms with Crippen molar-refractivity contribution in [2.24, 2.45) is 0 Å². The number of hydrogen-bond donors (Lipinski definition) is 2. The topological polar surface area (TPSA) is 49.8 Å². The number of anilines is 3. The van der Waals surface area contributed by atoms with Gasteiger partial charge in [-0.3, -0.25) is 0 Å². The van der Waals surface area contributed by atoms with Gasteiger partial charge in [0.1, 0.15) is 5.82 Å². The van der Waals surface area contributed by atoms with Gasteiger partial charge in [0, 0.05) is 33.0 Å². The Hall–Kier alpha value is -1.52. The second-order valence-corrected chi connectivity index (χ2v) is 6.75. The molecule has 0 unspecified atom stereocenters. The van der Waals surface area contributed by atoms with E-state index in [-0.39, 0.29) is 5.54 Å². The van der Waals surface area contributed by atoms with Crippen molar-refractivity contribution in [2.45, 2.75) is 33.2 Å². The molecular formula is C15H18Cl2N4. The molecule has 21 heavy (non-hydrogen) atoms. The summed E-state index contributed by atoms with van der Waals surface area (Å²) in [4.78, 5) is 8.84. The lowest BCUT2D eigenvalue weighted by atomic mass is 10.1.